The van der Waals surface area contributed by atoms with Gasteiger partial charge in [-0.15, -0.1) is 0 Å². The van der Waals surface area contributed by atoms with Crippen molar-refractivity contribution < 1.29 is 28.5 Å². The summed E-state index contributed by atoms with van der Waals surface area (Å²) in [5.74, 6) is 13.6. The van der Waals surface area contributed by atoms with E-state index in [1.165, 1.54) is 0 Å². The third-order valence-corrected chi connectivity index (χ3v) is 8.56. The lowest BCUT2D eigenvalue weighted by Gasteiger charge is -2.13. The molecule has 0 N–H and O–H groups in total. The number of ether oxygens (including phenoxy) is 4. The summed E-state index contributed by atoms with van der Waals surface area (Å²) < 4.78 is 22.6. The fourth-order valence-electron chi connectivity index (χ4n) is 5.24. The molecule has 5 aromatic carbocycles. The lowest BCUT2D eigenvalue weighted by Crippen LogP contribution is -2.10. The summed E-state index contributed by atoms with van der Waals surface area (Å²) in [6.45, 7) is 12.1. The van der Waals surface area contributed by atoms with Crippen LogP contribution in [0, 0.1) is 23.7 Å². The SMILES string of the molecule is C=CC(=O)OCCCCOC(=O)c1cc(C#Cc2ccc3cc(O[C@@H](C)CC)ccc3c2)ccc1C#Cc1ccc2cc(O[C@@H](C)CC)ccc2c1. The molecule has 0 aliphatic heterocycles. The Bertz CT molecular complexity index is 2190. The Labute approximate surface area is 306 Å². The summed E-state index contributed by atoms with van der Waals surface area (Å²) in [6, 6.07) is 29.6. The van der Waals surface area contributed by atoms with Gasteiger partial charge in [-0.25, -0.2) is 9.59 Å². The quantitative estimate of drug-likeness (QED) is 0.0530. The second kappa shape index (κ2) is 18.3. The normalized spacial score (nSPS) is 11.7. The van der Waals surface area contributed by atoms with Gasteiger partial charge in [0.15, 0.2) is 0 Å². The number of unbranched alkanes of at least 4 members (excludes halogenated alkanes) is 1. The Morgan fingerprint density at radius 2 is 1.08 bits per heavy atom. The van der Waals surface area contributed by atoms with Crippen LogP contribution in [-0.4, -0.2) is 37.4 Å². The van der Waals surface area contributed by atoms with Gasteiger partial charge in [0.05, 0.1) is 31.0 Å². The predicted molar refractivity (Wildman–Crippen MR) is 208 cm³/mol. The minimum absolute atomic E-state index is 0.144. The molecule has 0 aromatic heterocycles. The second-order valence-corrected chi connectivity index (χ2v) is 12.6. The number of rotatable bonds is 13. The van der Waals surface area contributed by atoms with Gasteiger partial charge < -0.3 is 18.9 Å². The Morgan fingerprint density at radius 1 is 0.615 bits per heavy atom. The van der Waals surface area contributed by atoms with Gasteiger partial charge in [0.25, 0.3) is 0 Å². The van der Waals surface area contributed by atoms with Crippen LogP contribution in [-0.2, 0) is 14.3 Å². The lowest BCUT2D eigenvalue weighted by molar-refractivity contribution is -0.137. The van der Waals surface area contributed by atoms with Crippen molar-refractivity contribution in [1.82, 2.24) is 0 Å². The molecule has 5 aromatic rings. The van der Waals surface area contributed by atoms with E-state index in [0.29, 0.717) is 29.5 Å². The third kappa shape index (κ3) is 10.5. The molecular weight excluding hydrogens is 649 g/mol. The Kier molecular flexibility index (Phi) is 13.1. The molecule has 0 heterocycles. The topological polar surface area (TPSA) is 71.1 Å². The van der Waals surface area contributed by atoms with Crippen LogP contribution in [0.1, 0.15) is 86.0 Å². The maximum absolute atomic E-state index is 13.4. The summed E-state index contributed by atoms with van der Waals surface area (Å²) >= 11 is 0. The zero-order valence-electron chi connectivity index (χ0n) is 30.3. The molecule has 2 atom stereocenters. The fraction of sp³-hybridized carbons (Fsp3) is 0.261. The van der Waals surface area contributed by atoms with Crippen LogP contribution in [0.2, 0.25) is 0 Å². The highest BCUT2D eigenvalue weighted by molar-refractivity contribution is 5.93. The molecule has 0 aliphatic carbocycles. The number of hydrogen-bond acceptors (Lipinski definition) is 6. The fourth-order valence-corrected chi connectivity index (χ4v) is 5.24. The van der Waals surface area contributed by atoms with Crippen LogP contribution in [0.4, 0.5) is 0 Å². The highest BCUT2D eigenvalue weighted by Gasteiger charge is 2.13. The third-order valence-electron chi connectivity index (χ3n) is 8.56. The van der Waals surface area contributed by atoms with Gasteiger partial charge in [-0.05, 0) is 128 Å². The average Bonchev–Trinajstić information content (AvgIpc) is 3.17. The molecule has 5 rings (SSSR count). The molecule has 0 unspecified atom stereocenters. The molecule has 0 fully saturated rings. The van der Waals surface area contributed by atoms with Crippen LogP contribution in [0.5, 0.6) is 11.5 Å². The zero-order valence-corrected chi connectivity index (χ0v) is 30.3. The minimum Gasteiger partial charge on any atom is -0.491 e. The molecule has 264 valence electrons. The molecule has 52 heavy (non-hydrogen) atoms. The molecule has 6 heteroatoms. The number of fused-ring (bicyclic) bond motifs is 2. The van der Waals surface area contributed by atoms with Crippen molar-refractivity contribution in [3.63, 3.8) is 0 Å². The maximum Gasteiger partial charge on any atom is 0.339 e. The first-order valence-corrected chi connectivity index (χ1v) is 17.8. The van der Waals surface area contributed by atoms with Gasteiger partial charge in [-0.1, -0.05) is 68.4 Å². The van der Waals surface area contributed by atoms with E-state index in [1.807, 2.05) is 78.9 Å². The van der Waals surface area contributed by atoms with Crippen LogP contribution in [0.25, 0.3) is 21.5 Å². The van der Waals surface area contributed by atoms with E-state index in [9.17, 15) is 9.59 Å². The summed E-state index contributed by atoms with van der Waals surface area (Å²) in [5, 5.41) is 4.24. The number of benzene rings is 5. The van der Waals surface area contributed by atoms with Crippen molar-refractivity contribution in [2.24, 2.45) is 0 Å². The molecule has 0 bridgehead atoms. The van der Waals surface area contributed by atoms with E-state index >= 15 is 0 Å². The number of hydrogen-bond donors (Lipinski definition) is 0. The predicted octanol–water partition coefficient (Wildman–Crippen LogP) is 9.81. The van der Waals surface area contributed by atoms with Gasteiger partial charge in [-0.3, -0.25) is 0 Å². The van der Waals surface area contributed by atoms with Crippen molar-refractivity contribution in [3.8, 4) is 35.2 Å². The van der Waals surface area contributed by atoms with Crippen LogP contribution in [0.3, 0.4) is 0 Å². The first-order valence-electron chi connectivity index (χ1n) is 17.8. The van der Waals surface area contributed by atoms with Crippen molar-refractivity contribution in [2.75, 3.05) is 13.2 Å². The number of carbonyl (C=O) groups is 2. The largest absolute Gasteiger partial charge is 0.491 e. The van der Waals surface area contributed by atoms with E-state index in [-0.39, 0.29) is 25.4 Å². The Hall–Kier alpha value is -5.98. The molecule has 0 saturated carbocycles. The van der Waals surface area contributed by atoms with Gasteiger partial charge in [0.1, 0.15) is 11.5 Å². The first-order chi connectivity index (χ1) is 25.2. The van der Waals surface area contributed by atoms with Crippen molar-refractivity contribution in [2.45, 2.75) is 65.6 Å². The van der Waals surface area contributed by atoms with Gasteiger partial charge in [-0.2, -0.15) is 0 Å². The molecular formula is C46H44O6. The van der Waals surface area contributed by atoms with Crippen LogP contribution in [0.15, 0.2) is 104 Å². The highest BCUT2D eigenvalue weighted by Crippen LogP contribution is 2.25. The number of carbonyl (C=O) groups excluding carboxylic acids is 2. The van der Waals surface area contributed by atoms with Gasteiger partial charge in [0, 0.05) is 28.3 Å². The van der Waals surface area contributed by atoms with Gasteiger partial charge in [0.2, 0.25) is 0 Å². The van der Waals surface area contributed by atoms with Crippen molar-refractivity contribution in [1.29, 1.82) is 0 Å². The van der Waals surface area contributed by atoms with Crippen LogP contribution < -0.4 is 9.47 Å². The molecule has 0 radical (unpaired) electrons. The summed E-state index contributed by atoms with van der Waals surface area (Å²) in [4.78, 5) is 24.7. The van der Waals surface area contributed by atoms with Crippen molar-refractivity contribution in [3.05, 3.63) is 131 Å². The van der Waals surface area contributed by atoms with E-state index in [2.05, 4.69) is 58.0 Å². The molecule has 0 saturated heterocycles. The standard InChI is InChI=1S/C46H44O6/c1-6-32(4)51-42-23-21-38-27-34(15-19-40(38)30-42)11-12-36-14-18-37(44(29-36)46(48)50-26-10-9-25-49-45(47)8-3)17-13-35-16-20-41-31-43(52-33(5)7-2)24-22-39(41)28-35/h8,14-16,18-24,27-33H,3,6-7,9-10,25-26H2,1-2,4-5H3/t32-,33-/m0/s1. The average molecular weight is 693 g/mol. The van der Waals surface area contributed by atoms with Gasteiger partial charge >= 0.3 is 11.9 Å². The van der Waals surface area contributed by atoms with Crippen molar-refractivity contribution >= 4 is 33.5 Å². The summed E-state index contributed by atoms with van der Waals surface area (Å²) in [5.41, 5.74) is 3.19. The minimum atomic E-state index is -0.496. The van der Waals surface area contributed by atoms with E-state index in [1.54, 1.807) is 12.1 Å². The summed E-state index contributed by atoms with van der Waals surface area (Å²) in [6.07, 6.45) is 4.37. The van der Waals surface area contributed by atoms with E-state index in [4.69, 9.17) is 18.9 Å². The zero-order chi connectivity index (χ0) is 36.9. The Balaban J connectivity index is 1.37. The molecule has 0 aliphatic rings. The van der Waals surface area contributed by atoms with E-state index in [0.717, 1.165) is 63.1 Å². The monoisotopic (exact) mass is 692 g/mol. The smallest absolute Gasteiger partial charge is 0.339 e. The molecule has 6 nitrogen and oxygen atoms in total. The maximum atomic E-state index is 13.4. The second-order valence-electron chi connectivity index (χ2n) is 12.6. The lowest BCUT2D eigenvalue weighted by atomic mass is 10.0. The van der Waals surface area contributed by atoms with Crippen LogP contribution >= 0.6 is 0 Å². The first kappa shape index (κ1) is 37.3. The van der Waals surface area contributed by atoms with E-state index < -0.39 is 11.9 Å². The Morgan fingerprint density at radius 3 is 1.62 bits per heavy atom. The molecule has 0 spiro atoms. The highest BCUT2D eigenvalue weighted by atomic mass is 16.5. The molecule has 0 amide bonds. The summed E-state index contributed by atoms with van der Waals surface area (Å²) in [7, 11) is 0. The number of esters is 2.